The molecule has 0 saturated carbocycles. The van der Waals surface area contributed by atoms with Crippen molar-refractivity contribution >= 4 is 22.6 Å². The number of fused-ring (bicyclic) bond motifs is 1. The smallest absolute Gasteiger partial charge is 0.303 e. The number of halogens is 3. The first kappa shape index (κ1) is 30.6. The zero-order valence-electron chi connectivity index (χ0n) is 23.8. The molecule has 4 rings (SSSR count). The number of pyridine rings is 1. The molecule has 0 amide bonds. The summed E-state index contributed by atoms with van der Waals surface area (Å²) in [5, 5.41) is 22.0. The fourth-order valence-electron chi connectivity index (χ4n) is 5.98. The maximum atomic E-state index is 14.0. The lowest BCUT2D eigenvalue weighted by molar-refractivity contribution is -0.141. The van der Waals surface area contributed by atoms with Gasteiger partial charge < -0.3 is 24.7 Å². The first-order valence-electron chi connectivity index (χ1n) is 13.9. The molecule has 41 heavy (non-hydrogen) atoms. The molecule has 2 N–H and O–H groups in total. The van der Waals surface area contributed by atoms with Gasteiger partial charge >= 0.3 is 5.97 Å². The van der Waals surface area contributed by atoms with Crippen molar-refractivity contribution in [3.8, 4) is 5.75 Å². The van der Waals surface area contributed by atoms with Crippen molar-refractivity contribution < 1.29 is 32.9 Å². The maximum absolute atomic E-state index is 14.0. The van der Waals surface area contributed by atoms with Gasteiger partial charge in [-0.1, -0.05) is 0 Å². The molecular weight excluding hydrogens is 535 g/mol. The Bertz CT molecular complexity index is 1350. The van der Waals surface area contributed by atoms with Gasteiger partial charge in [0, 0.05) is 42.7 Å². The fourth-order valence-corrected chi connectivity index (χ4v) is 5.98. The number of rotatable bonds is 12. The second kappa shape index (κ2) is 13.1. The van der Waals surface area contributed by atoms with Gasteiger partial charge in [-0.05, 0) is 81.8 Å². The number of piperidine rings is 1. The summed E-state index contributed by atoms with van der Waals surface area (Å²) < 4.78 is 46.6. The summed E-state index contributed by atoms with van der Waals surface area (Å²) >= 11 is 0. The Kier molecular flexibility index (Phi) is 9.76. The highest BCUT2D eigenvalue weighted by atomic mass is 19.1. The quantitative estimate of drug-likeness (QED) is 0.286. The molecule has 0 aliphatic carbocycles. The lowest BCUT2D eigenvalue weighted by Crippen LogP contribution is -2.41. The van der Waals surface area contributed by atoms with E-state index in [4.69, 9.17) is 4.74 Å². The number of aliphatic hydroxyl groups is 1. The molecule has 2 heterocycles. The first-order chi connectivity index (χ1) is 19.5. The van der Waals surface area contributed by atoms with E-state index in [1.807, 2.05) is 37.2 Å². The normalized spacial score (nSPS) is 16.1. The molecule has 10 heteroatoms. The second-order valence-corrected chi connectivity index (χ2v) is 11.3. The van der Waals surface area contributed by atoms with E-state index in [1.54, 1.807) is 13.3 Å². The number of ether oxygens (including phenoxy) is 1. The van der Waals surface area contributed by atoms with Crippen molar-refractivity contribution in [2.24, 2.45) is 5.41 Å². The van der Waals surface area contributed by atoms with E-state index in [1.165, 1.54) is 0 Å². The number of aromatic nitrogens is 1. The number of hydrogen-bond acceptors (Lipinski definition) is 6. The third-order valence-electron chi connectivity index (χ3n) is 8.31. The maximum Gasteiger partial charge on any atom is 0.303 e. The monoisotopic (exact) mass is 573 g/mol. The highest BCUT2D eigenvalue weighted by Crippen LogP contribution is 2.43. The Balaban J connectivity index is 1.43. The fraction of sp³-hybridized carbons (Fsp3) is 0.484. The van der Waals surface area contributed by atoms with Crippen LogP contribution >= 0.6 is 0 Å². The summed E-state index contributed by atoms with van der Waals surface area (Å²) in [6.45, 7) is 1.89. The third-order valence-corrected chi connectivity index (χ3v) is 8.31. The van der Waals surface area contributed by atoms with Crippen LogP contribution in [0.3, 0.4) is 0 Å². The number of aliphatic hydroxyl groups excluding tert-OH is 1. The Morgan fingerprint density at radius 3 is 2.44 bits per heavy atom. The van der Waals surface area contributed by atoms with Gasteiger partial charge in [-0.3, -0.25) is 9.78 Å². The number of aliphatic carboxylic acids is 1. The van der Waals surface area contributed by atoms with E-state index in [9.17, 15) is 28.2 Å². The molecule has 222 valence electrons. The highest BCUT2D eigenvalue weighted by molar-refractivity contribution is 5.88. The summed E-state index contributed by atoms with van der Waals surface area (Å²) in [4.78, 5) is 20.5. The van der Waals surface area contributed by atoms with Crippen LogP contribution in [0.15, 0.2) is 36.5 Å². The number of nitrogens with zero attached hydrogens (tertiary/aromatic N) is 3. The van der Waals surface area contributed by atoms with Gasteiger partial charge in [0.05, 0.1) is 37.0 Å². The molecule has 1 aliphatic rings. The predicted molar refractivity (Wildman–Crippen MR) is 152 cm³/mol. The van der Waals surface area contributed by atoms with E-state index in [2.05, 4.69) is 9.88 Å². The molecule has 0 bridgehead atoms. The number of anilines is 1. The van der Waals surface area contributed by atoms with E-state index >= 15 is 0 Å². The van der Waals surface area contributed by atoms with Crippen molar-refractivity contribution in [3.05, 3.63) is 65.1 Å². The lowest BCUT2D eigenvalue weighted by Gasteiger charge is -2.42. The van der Waals surface area contributed by atoms with Crippen LogP contribution in [0.5, 0.6) is 5.75 Å². The Labute approximate surface area is 238 Å². The lowest BCUT2D eigenvalue weighted by atomic mass is 9.71. The number of hydrogen-bond donors (Lipinski definition) is 2. The van der Waals surface area contributed by atoms with Crippen LogP contribution in [0.2, 0.25) is 0 Å². The molecule has 2 aromatic carbocycles. The van der Waals surface area contributed by atoms with E-state index in [0.29, 0.717) is 69.6 Å². The largest absolute Gasteiger partial charge is 0.497 e. The Morgan fingerprint density at radius 2 is 1.83 bits per heavy atom. The van der Waals surface area contributed by atoms with Gasteiger partial charge in [-0.25, -0.2) is 13.2 Å². The molecular formula is C31H38F3N3O4. The molecule has 1 atom stereocenters. The zero-order chi connectivity index (χ0) is 29.7. The van der Waals surface area contributed by atoms with E-state index in [0.717, 1.165) is 22.2 Å². The Hall–Kier alpha value is -3.37. The summed E-state index contributed by atoms with van der Waals surface area (Å²) in [7, 11) is 5.36. The summed E-state index contributed by atoms with van der Waals surface area (Å²) in [6.07, 6.45) is 3.74. The van der Waals surface area contributed by atoms with Gasteiger partial charge in [0.1, 0.15) is 23.2 Å². The summed E-state index contributed by atoms with van der Waals surface area (Å²) in [6, 6.07) is 6.93. The van der Waals surface area contributed by atoms with Crippen LogP contribution < -0.4 is 9.64 Å². The average molecular weight is 574 g/mol. The minimum atomic E-state index is -0.936. The van der Waals surface area contributed by atoms with Gasteiger partial charge in [0.2, 0.25) is 0 Å². The number of carboxylic acid groups (broad SMARTS) is 1. The number of likely N-dealkylation sites (tertiary alicyclic amines) is 1. The van der Waals surface area contributed by atoms with Crippen LogP contribution in [0.4, 0.5) is 18.9 Å². The molecule has 0 spiro atoms. The van der Waals surface area contributed by atoms with E-state index < -0.39 is 34.9 Å². The van der Waals surface area contributed by atoms with Crippen LogP contribution in [-0.4, -0.2) is 66.9 Å². The van der Waals surface area contributed by atoms with Crippen LogP contribution in [-0.2, 0) is 11.2 Å². The molecule has 3 aromatic rings. The second-order valence-electron chi connectivity index (χ2n) is 11.3. The van der Waals surface area contributed by atoms with Crippen molar-refractivity contribution in [1.29, 1.82) is 0 Å². The zero-order valence-corrected chi connectivity index (χ0v) is 23.8. The number of benzene rings is 2. The highest BCUT2D eigenvalue weighted by Gasteiger charge is 2.37. The topological polar surface area (TPSA) is 86.1 Å². The van der Waals surface area contributed by atoms with Gasteiger partial charge in [0.15, 0.2) is 0 Å². The van der Waals surface area contributed by atoms with E-state index in [-0.39, 0.29) is 18.4 Å². The molecule has 7 nitrogen and oxygen atoms in total. The minimum absolute atomic E-state index is 0.00498. The molecule has 1 aliphatic heterocycles. The van der Waals surface area contributed by atoms with Crippen molar-refractivity contribution in [2.75, 3.05) is 45.7 Å². The third kappa shape index (κ3) is 7.29. The summed E-state index contributed by atoms with van der Waals surface area (Å²) in [5.74, 6) is -2.91. The first-order valence-corrected chi connectivity index (χ1v) is 13.9. The van der Waals surface area contributed by atoms with Crippen LogP contribution in [0.1, 0.15) is 55.8 Å². The average Bonchev–Trinajstić information content (AvgIpc) is 2.92. The van der Waals surface area contributed by atoms with Crippen molar-refractivity contribution in [1.82, 2.24) is 9.88 Å². The Morgan fingerprint density at radius 1 is 1.15 bits per heavy atom. The number of methoxy groups -OCH3 is 1. The van der Waals surface area contributed by atoms with Gasteiger partial charge in [-0.15, -0.1) is 0 Å². The van der Waals surface area contributed by atoms with Crippen LogP contribution in [0, 0.1) is 22.9 Å². The van der Waals surface area contributed by atoms with Crippen molar-refractivity contribution in [3.63, 3.8) is 0 Å². The SMILES string of the molecule is COc1ccc2ncc(N(C)C)c(C(O)CCC3(CC(=O)O)CCN(CCCc4c(F)cc(F)cc4F)CC3)c2c1. The van der Waals surface area contributed by atoms with Gasteiger partial charge in [-0.2, -0.15) is 0 Å². The minimum Gasteiger partial charge on any atom is -0.497 e. The summed E-state index contributed by atoms with van der Waals surface area (Å²) in [5.41, 5.74) is 1.67. The molecule has 1 aromatic heterocycles. The van der Waals surface area contributed by atoms with Crippen LogP contribution in [0.25, 0.3) is 10.9 Å². The standard InChI is InChI=1S/C31H38F3N3O4/c1-36(2)27-19-35-26-7-6-21(41-3)17-23(26)30(27)28(38)8-9-31(18-29(39)40)10-13-37(14-11-31)12-4-5-22-24(33)15-20(32)16-25(22)34/h6-7,15-17,19,28,38H,4-5,8-14,18H2,1-3H3,(H,39,40). The number of carbonyl (C=O) groups is 1. The predicted octanol–water partition coefficient (Wildman–Crippen LogP) is 5.73. The molecule has 1 saturated heterocycles. The number of carboxylic acids is 1. The molecule has 1 fully saturated rings. The van der Waals surface area contributed by atoms with Crippen molar-refractivity contribution in [2.45, 2.75) is 51.0 Å². The molecule has 1 unspecified atom stereocenters. The molecule has 0 radical (unpaired) electrons. The van der Waals surface area contributed by atoms with Gasteiger partial charge in [0.25, 0.3) is 0 Å².